The van der Waals surface area contributed by atoms with Gasteiger partial charge < -0.3 is 0 Å². The van der Waals surface area contributed by atoms with E-state index >= 15 is 0 Å². The molecule has 0 aromatic carbocycles. The minimum Gasteiger partial charge on any atom is -0.269 e. The van der Waals surface area contributed by atoms with Crippen LogP contribution in [0.25, 0.3) is 0 Å². The van der Waals surface area contributed by atoms with Crippen molar-refractivity contribution in [3.05, 3.63) is 24.3 Å². The molecule has 177 valence electrons. The van der Waals surface area contributed by atoms with Gasteiger partial charge in [-0.1, -0.05) is 129 Å². The average molecular weight is 464 g/mol. The zero-order chi connectivity index (χ0) is 22.3. The Hall–Kier alpha value is 0.390. The van der Waals surface area contributed by atoms with Crippen LogP contribution < -0.4 is 0 Å². The van der Waals surface area contributed by atoms with Crippen molar-refractivity contribution in [2.45, 2.75) is 122 Å². The summed E-state index contributed by atoms with van der Waals surface area (Å²) in [5.74, 6) is 0.784. The largest absolute Gasteiger partial charge is 0.277 e. The third-order valence-electron chi connectivity index (χ3n) is 6.55. The molecule has 1 radical (unpaired) electrons. The van der Waals surface area contributed by atoms with E-state index in [0.717, 1.165) is 18.8 Å². The summed E-state index contributed by atoms with van der Waals surface area (Å²) in [5, 5.41) is 0. The Balaban J connectivity index is 0.00000900. The molecule has 0 fully saturated rings. The van der Waals surface area contributed by atoms with Crippen molar-refractivity contribution < 1.29 is 12.6 Å². The molecule has 3 nitrogen and oxygen atoms in total. The van der Waals surface area contributed by atoms with Gasteiger partial charge in [0.05, 0.1) is 6.61 Å². The minimum absolute atomic E-state index is 0. The van der Waals surface area contributed by atoms with Gasteiger partial charge in [-0.2, -0.15) is 8.42 Å². The number of hydrogen-bond donors (Lipinski definition) is 0. The molecule has 1 aliphatic rings. The second kappa shape index (κ2) is 17.8. The SMILES string of the molecule is CC(C)CCCCCCCCCCCCCCCOS(=O)(=O)C1(C)C=CC=CC1C.[Na]. The smallest absolute Gasteiger partial charge is 0.269 e. The molecule has 1 aliphatic carbocycles. The van der Waals surface area contributed by atoms with E-state index in [1.54, 1.807) is 19.1 Å². The van der Waals surface area contributed by atoms with E-state index in [1.807, 2.05) is 19.1 Å². The van der Waals surface area contributed by atoms with E-state index in [1.165, 1.54) is 77.0 Å². The van der Waals surface area contributed by atoms with E-state index in [-0.39, 0.29) is 35.5 Å². The van der Waals surface area contributed by atoms with Crippen molar-refractivity contribution in [2.24, 2.45) is 11.8 Å². The molecule has 5 heteroatoms. The molecule has 0 N–H and O–H groups in total. The summed E-state index contributed by atoms with van der Waals surface area (Å²) in [6.07, 6.45) is 25.5. The summed E-state index contributed by atoms with van der Waals surface area (Å²) in [6, 6.07) is 0. The van der Waals surface area contributed by atoms with Gasteiger partial charge in [-0.05, 0) is 25.2 Å². The summed E-state index contributed by atoms with van der Waals surface area (Å²) in [4.78, 5) is 0. The van der Waals surface area contributed by atoms with Crippen LogP contribution in [0.2, 0.25) is 0 Å². The van der Waals surface area contributed by atoms with Gasteiger partial charge >= 0.3 is 0 Å². The predicted molar refractivity (Wildman–Crippen MR) is 136 cm³/mol. The van der Waals surface area contributed by atoms with E-state index in [9.17, 15) is 8.42 Å². The van der Waals surface area contributed by atoms with Gasteiger partial charge in [-0.15, -0.1) is 0 Å². The zero-order valence-corrected chi connectivity index (χ0v) is 24.0. The molecule has 0 aliphatic heterocycles. The topological polar surface area (TPSA) is 43.4 Å². The summed E-state index contributed by atoms with van der Waals surface area (Å²) in [6.45, 7) is 8.60. The Kier molecular flexibility index (Phi) is 18.0. The van der Waals surface area contributed by atoms with Crippen LogP contribution in [-0.2, 0) is 14.3 Å². The van der Waals surface area contributed by atoms with Crippen molar-refractivity contribution in [1.82, 2.24) is 0 Å². The molecular formula is C26H48NaO3S. The second-order valence-electron chi connectivity index (χ2n) is 9.77. The Labute approximate surface area is 216 Å². The molecule has 0 bridgehead atoms. The molecule has 0 saturated carbocycles. The van der Waals surface area contributed by atoms with Crippen LogP contribution in [0, 0.1) is 11.8 Å². The number of unbranched alkanes of at least 4 members (excludes halogenated alkanes) is 12. The van der Waals surface area contributed by atoms with Gasteiger partial charge in [0, 0.05) is 29.6 Å². The van der Waals surface area contributed by atoms with Gasteiger partial charge in [0.15, 0.2) is 0 Å². The third-order valence-corrected chi connectivity index (χ3v) is 8.61. The maximum atomic E-state index is 12.6. The van der Waals surface area contributed by atoms with Crippen LogP contribution in [0.1, 0.15) is 118 Å². The van der Waals surface area contributed by atoms with E-state index < -0.39 is 14.9 Å². The average Bonchev–Trinajstić information content (AvgIpc) is 2.69. The molecule has 0 amide bonds. The Morgan fingerprint density at radius 2 is 1.26 bits per heavy atom. The van der Waals surface area contributed by atoms with Gasteiger partial charge in [0.2, 0.25) is 0 Å². The maximum absolute atomic E-state index is 12.6. The molecule has 0 spiro atoms. The minimum atomic E-state index is -3.59. The van der Waals surface area contributed by atoms with Gasteiger partial charge in [-0.25, -0.2) is 0 Å². The van der Waals surface area contributed by atoms with Crippen LogP contribution >= 0.6 is 0 Å². The van der Waals surface area contributed by atoms with Crippen molar-refractivity contribution >= 4 is 39.7 Å². The normalized spacial score (nSPS) is 20.9. The molecule has 1 rings (SSSR count). The van der Waals surface area contributed by atoms with Crippen LogP contribution in [0.5, 0.6) is 0 Å². The Morgan fingerprint density at radius 3 is 1.71 bits per heavy atom. The van der Waals surface area contributed by atoms with E-state index in [4.69, 9.17) is 4.18 Å². The van der Waals surface area contributed by atoms with Gasteiger partial charge in [-0.3, -0.25) is 4.18 Å². The molecule has 2 atom stereocenters. The van der Waals surface area contributed by atoms with Crippen molar-refractivity contribution in [3.63, 3.8) is 0 Å². The third kappa shape index (κ3) is 13.0. The standard InChI is InChI=1S/C26H48O3S.Na/c1-24(2)20-16-14-12-10-8-6-5-7-9-11-13-15-19-23-29-30(27,28)26(4)22-18-17-21-25(26)3;/h17-18,21-22,24-25H,5-16,19-20,23H2,1-4H3;. The van der Waals surface area contributed by atoms with Crippen LogP contribution in [0.4, 0.5) is 0 Å². The van der Waals surface area contributed by atoms with Gasteiger partial charge in [0.1, 0.15) is 4.75 Å². The summed E-state index contributed by atoms with van der Waals surface area (Å²) < 4.78 is 29.5. The Bertz CT molecular complexity index is 598. The fourth-order valence-corrected chi connectivity index (χ4v) is 5.40. The molecular weight excluding hydrogens is 415 g/mol. The van der Waals surface area contributed by atoms with Crippen molar-refractivity contribution in [3.8, 4) is 0 Å². The molecule has 0 saturated heterocycles. The number of hydrogen-bond acceptors (Lipinski definition) is 3. The first kappa shape index (κ1) is 31.4. The number of allylic oxidation sites excluding steroid dienone is 3. The fraction of sp³-hybridized carbons (Fsp3) is 0.846. The summed E-state index contributed by atoms with van der Waals surface area (Å²) >= 11 is 0. The Morgan fingerprint density at radius 1 is 0.806 bits per heavy atom. The molecule has 0 aromatic heterocycles. The first-order valence-corrected chi connectivity index (χ1v) is 14.0. The van der Waals surface area contributed by atoms with Crippen molar-refractivity contribution in [1.29, 1.82) is 0 Å². The molecule has 0 heterocycles. The molecule has 0 aromatic rings. The second-order valence-corrected chi connectivity index (χ2v) is 11.8. The summed E-state index contributed by atoms with van der Waals surface area (Å²) in [5.41, 5.74) is 0. The number of rotatable bonds is 18. The predicted octanol–water partition coefficient (Wildman–Crippen LogP) is 7.59. The van der Waals surface area contributed by atoms with E-state index in [2.05, 4.69) is 13.8 Å². The fourth-order valence-electron chi connectivity index (χ4n) is 4.03. The first-order chi connectivity index (χ1) is 14.3. The van der Waals surface area contributed by atoms with Crippen LogP contribution in [0.3, 0.4) is 0 Å². The van der Waals surface area contributed by atoms with Crippen molar-refractivity contribution in [2.75, 3.05) is 6.61 Å². The van der Waals surface area contributed by atoms with Crippen LogP contribution in [-0.4, -0.2) is 49.3 Å². The first-order valence-electron chi connectivity index (χ1n) is 12.5. The summed E-state index contributed by atoms with van der Waals surface area (Å²) in [7, 11) is -3.59. The molecule has 31 heavy (non-hydrogen) atoms. The monoisotopic (exact) mass is 463 g/mol. The van der Waals surface area contributed by atoms with Gasteiger partial charge in [0.25, 0.3) is 10.1 Å². The van der Waals surface area contributed by atoms with Crippen LogP contribution in [0.15, 0.2) is 24.3 Å². The maximum Gasteiger partial charge on any atom is 0.277 e. The molecule has 2 unspecified atom stereocenters. The van der Waals surface area contributed by atoms with E-state index in [0.29, 0.717) is 6.61 Å². The zero-order valence-electron chi connectivity index (χ0n) is 21.2. The quantitative estimate of drug-likeness (QED) is 0.119.